The fraction of sp³-hybridized carbons (Fsp3) is 0.714. The minimum absolute atomic E-state index is 0.210. The van der Waals surface area contributed by atoms with Gasteiger partial charge in [-0.25, -0.2) is 4.98 Å². The molecule has 2 aromatic rings. The van der Waals surface area contributed by atoms with Crippen LogP contribution in [0.4, 0.5) is 5.82 Å². The van der Waals surface area contributed by atoms with Crippen molar-refractivity contribution in [1.29, 1.82) is 0 Å². The van der Waals surface area contributed by atoms with E-state index >= 15 is 0 Å². The summed E-state index contributed by atoms with van der Waals surface area (Å²) < 4.78 is 6.99. The second-order valence-electron chi connectivity index (χ2n) is 8.41. The van der Waals surface area contributed by atoms with Gasteiger partial charge in [0.1, 0.15) is 12.1 Å². The lowest BCUT2D eigenvalue weighted by molar-refractivity contribution is -0.142. The normalized spacial score (nSPS) is 21.6. The molecule has 0 bridgehead atoms. The van der Waals surface area contributed by atoms with E-state index in [0.717, 1.165) is 48.9 Å². The molecule has 0 amide bonds. The molecule has 4 heterocycles. The van der Waals surface area contributed by atoms with E-state index in [-0.39, 0.29) is 12.4 Å². The van der Waals surface area contributed by atoms with Gasteiger partial charge in [0.05, 0.1) is 13.0 Å². The highest BCUT2D eigenvalue weighted by atomic mass is 16.5. The van der Waals surface area contributed by atoms with Crippen molar-refractivity contribution in [3.05, 3.63) is 17.6 Å². The molecule has 0 saturated carbocycles. The lowest BCUT2D eigenvalue weighted by Gasteiger charge is -2.42. The summed E-state index contributed by atoms with van der Waals surface area (Å²) in [5, 5.41) is 4.41. The molecule has 0 radical (unpaired) electrons. The average Bonchev–Trinajstić information content (AvgIpc) is 3.17. The predicted octanol–water partition coefficient (Wildman–Crippen LogP) is 2.24. The Bertz CT molecular complexity index is 858. The maximum atomic E-state index is 12.2. The average molecular weight is 401 g/mol. The molecular formula is C21H32N6O2. The minimum Gasteiger partial charge on any atom is -0.466 e. The van der Waals surface area contributed by atoms with Crippen molar-refractivity contribution in [3.8, 4) is 0 Å². The van der Waals surface area contributed by atoms with Gasteiger partial charge < -0.3 is 9.64 Å². The third-order valence-electron chi connectivity index (χ3n) is 6.30. The van der Waals surface area contributed by atoms with Gasteiger partial charge in [0.2, 0.25) is 0 Å². The molecule has 0 aromatic carbocycles. The molecule has 1 atom stereocenters. The monoisotopic (exact) mass is 400 g/mol. The fourth-order valence-corrected chi connectivity index (χ4v) is 4.86. The SMILES string of the molecule is CCOC(=O)Cc1c(C)nc2ncnn2c1N1CCC(N2CCC[C@H](C)C2)CC1. The van der Waals surface area contributed by atoms with Crippen LogP contribution >= 0.6 is 0 Å². The highest BCUT2D eigenvalue weighted by Gasteiger charge is 2.30. The number of hydrogen-bond acceptors (Lipinski definition) is 7. The van der Waals surface area contributed by atoms with Crippen LogP contribution in [-0.2, 0) is 16.0 Å². The molecule has 0 aliphatic carbocycles. The Kier molecular flexibility index (Phi) is 5.99. The van der Waals surface area contributed by atoms with Crippen LogP contribution in [0.3, 0.4) is 0 Å². The number of fused-ring (bicyclic) bond motifs is 1. The molecule has 2 saturated heterocycles. The number of ether oxygens (including phenoxy) is 1. The largest absolute Gasteiger partial charge is 0.466 e. The number of nitrogens with zero attached hydrogens (tertiary/aromatic N) is 6. The lowest BCUT2D eigenvalue weighted by atomic mass is 9.95. The molecule has 8 heteroatoms. The summed E-state index contributed by atoms with van der Waals surface area (Å²) in [6.07, 6.45) is 6.66. The second-order valence-corrected chi connectivity index (χ2v) is 8.41. The second kappa shape index (κ2) is 8.65. The number of anilines is 1. The number of rotatable bonds is 5. The van der Waals surface area contributed by atoms with E-state index in [1.807, 2.05) is 13.8 Å². The van der Waals surface area contributed by atoms with E-state index in [2.05, 4.69) is 31.8 Å². The minimum atomic E-state index is -0.227. The first-order valence-corrected chi connectivity index (χ1v) is 10.9. The van der Waals surface area contributed by atoms with Gasteiger partial charge in [-0.2, -0.15) is 14.6 Å². The maximum absolute atomic E-state index is 12.2. The molecule has 2 aliphatic heterocycles. The highest BCUT2D eigenvalue weighted by molar-refractivity contribution is 5.75. The topological polar surface area (TPSA) is 75.9 Å². The third kappa shape index (κ3) is 4.22. The molecule has 2 fully saturated rings. The van der Waals surface area contributed by atoms with Crippen LogP contribution in [0.5, 0.6) is 0 Å². The molecule has 0 unspecified atom stereocenters. The zero-order valence-corrected chi connectivity index (χ0v) is 17.8. The van der Waals surface area contributed by atoms with Crippen LogP contribution in [0.15, 0.2) is 6.33 Å². The quantitative estimate of drug-likeness (QED) is 0.713. The van der Waals surface area contributed by atoms with E-state index in [1.54, 1.807) is 4.52 Å². The zero-order valence-electron chi connectivity index (χ0n) is 17.8. The van der Waals surface area contributed by atoms with E-state index in [4.69, 9.17) is 4.74 Å². The van der Waals surface area contributed by atoms with Crippen LogP contribution in [0.25, 0.3) is 5.78 Å². The molecule has 4 rings (SSSR count). The molecule has 158 valence electrons. The van der Waals surface area contributed by atoms with Crippen molar-refractivity contribution < 1.29 is 9.53 Å². The number of piperidine rings is 2. The summed E-state index contributed by atoms with van der Waals surface area (Å²) >= 11 is 0. The van der Waals surface area contributed by atoms with E-state index in [1.165, 1.54) is 32.3 Å². The lowest BCUT2D eigenvalue weighted by Crippen LogP contribution is -2.48. The van der Waals surface area contributed by atoms with Crippen molar-refractivity contribution in [1.82, 2.24) is 24.5 Å². The first-order valence-electron chi connectivity index (χ1n) is 10.9. The number of hydrogen-bond donors (Lipinski definition) is 0. The van der Waals surface area contributed by atoms with E-state index < -0.39 is 0 Å². The third-order valence-corrected chi connectivity index (χ3v) is 6.30. The van der Waals surface area contributed by atoms with Crippen LogP contribution in [0, 0.1) is 12.8 Å². The molecule has 0 spiro atoms. The van der Waals surface area contributed by atoms with Gasteiger partial charge in [0.25, 0.3) is 5.78 Å². The van der Waals surface area contributed by atoms with Crippen LogP contribution in [0.1, 0.15) is 50.8 Å². The van der Waals surface area contributed by atoms with E-state index in [9.17, 15) is 4.79 Å². The zero-order chi connectivity index (χ0) is 20.4. The van der Waals surface area contributed by atoms with Gasteiger partial charge in [-0.15, -0.1) is 0 Å². The number of esters is 1. The molecule has 2 aliphatic rings. The highest BCUT2D eigenvalue weighted by Crippen LogP contribution is 2.29. The van der Waals surface area contributed by atoms with E-state index in [0.29, 0.717) is 18.4 Å². The number of carbonyl (C=O) groups is 1. The van der Waals surface area contributed by atoms with Crippen molar-refractivity contribution in [2.45, 2.75) is 58.9 Å². The molecule has 29 heavy (non-hydrogen) atoms. The first kappa shape index (κ1) is 20.1. The van der Waals surface area contributed by atoms with Gasteiger partial charge in [0, 0.05) is 36.9 Å². The fourth-order valence-electron chi connectivity index (χ4n) is 4.86. The Hall–Kier alpha value is -2.22. The summed E-state index contributed by atoms with van der Waals surface area (Å²) in [5.41, 5.74) is 1.71. The molecule has 8 nitrogen and oxygen atoms in total. The number of carbonyl (C=O) groups excluding carboxylic acids is 1. The summed E-state index contributed by atoms with van der Waals surface area (Å²) in [7, 11) is 0. The smallest absolute Gasteiger partial charge is 0.310 e. The summed E-state index contributed by atoms with van der Waals surface area (Å²) in [5.74, 6) is 2.10. The van der Waals surface area contributed by atoms with Gasteiger partial charge in [-0.3, -0.25) is 9.69 Å². The Morgan fingerprint density at radius 3 is 2.76 bits per heavy atom. The maximum Gasteiger partial charge on any atom is 0.310 e. The Labute approximate surface area is 172 Å². The standard InChI is InChI=1S/C21H32N6O2/c1-4-29-19(28)12-18-16(3)24-21-22-14-23-27(21)20(18)25-10-7-17(8-11-25)26-9-5-6-15(2)13-26/h14-15,17H,4-13H2,1-3H3/t15-/m0/s1. The first-order chi connectivity index (χ1) is 14.1. The predicted molar refractivity (Wildman–Crippen MR) is 111 cm³/mol. The molecule has 0 N–H and O–H groups in total. The van der Waals surface area contributed by atoms with Crippen molar-refractivity contribution >= 4 is 17.6 Å². The Morgan fingerprint density at radius 1 is 1.24 bits per heavy atom. The Morgan fingerprint density at radius 2 is 2.03 bits per heavy atom. The Balaban J connectivity index is 1.57. The summed E-state index contributed by atoms with van der Waals surface area (Å²) in [6.45, 7) is 10.9. The van der Waals surface area contributed by atoms with Crippen LogP contribution in [0.2, 0.25) is 0 Å². The van der Waals surface area contributed by atoms with Crippen LogP contribution in [-0.4, -0.2) is 69.3 Å². The summed E-state index contributed by atoms with van der Waals surface area (Å²) in [4.78, 5) is 26.1. The van der Waals surface area contributed by atoms with Gasteiger partial charge in [-0.1, -0.05) is 6.92 Å². The van der Waals surface area contributed by atoms with Crippen molar-refractivity contribution in [2.75, 3.05) is 37.7 Å². The van der Waals surface area contributed by atoms with Crippen molar-refractivity contribution in [2.24, 2.45) is 5.92 Å². The summed E-state index contributed by atoms with van der Waals surface area (Å²) in [6, 6.07) is 0.650. The van der Waals surface area contributed by atoms with Gasteiger partial charge in [-0.05, 0) is 52.0 Å². The van der Waals surface area contributed by atoms with Crippen molar-refractivity contribution in [3.63, 3.8) is 0 Å². The molecular weight excluding hydrogens is 368 g/mol. The van der Waals surface area contributed by atoms with Crippen LogP contribution < -0.4 is 4.90 Å². The number of aromatic nitrogens is 4. The number of likely N-dealkylation sites (tertiary alicyclic amines) is 1. The number of aryl methyl sites for hydroxylation is 1. The van der Waals surface area contributed by atoms with Gasteiger partial charge >= 0.3 is 5.97 Å². The van der Waals surface area contributed by atoms with Gasteiger partial charge in [0.15, 0.2) is 0 Å². The molecule has 2 aromatic heterocycles.